The number of rotatable bonds is 6. The molecule has 0 aromatic carbocycles. The van der Waals surface area contributed by atoms with Crippen molar-refractivity contribution in [1.29, 1.82) is 0 Å². The second-order valence-corrected chi connectivity index (χ2v) is 5.12. The molecule has 2 heterocycles. The van der Waals surface area contributed by atoms with Gasteiger partial charge in [-0.15, -0.1) is 0 Å². The molecule has 1 aliphatic heterocycles. The maximum atomic E-state index is 5.91. The molecule has 0 amide bonds. The molecular formula is C15H25N3O. The second kappa shape index (κ2) is 7.46. The summed E-state index contributed by atoms with van der Waals surface area (Å²) in [4.78, 5) is 6.67. The van der Waals surface area contributed by atoms with Gasteiger partial charge in [-0.2, -0.15) is 0 Å². The molecule has 1 N–H and O–H groups in total. The molecule has 4 heteroatoms. The van der Waals surface area contributed by atoms with Crippen LogP contribution in [0.2, 0.25) is 0 Å². The van der Waals surface area contributed by atoms with Crippen molar-refractivity contribution in [3.05, 3.63) is 24.0 Å². The molecule has 0 bridgehead atoms. The second-order valence-electron chi connectivity index (χ2n) is 5.12. The van der Waals surface area contributed by atoms with E-state index in [0.29, 0.717) is 6.10 Å². The van der Waals surface area contributed by atoms with Gasteiger partial charge in [0.1, 0.15) is 0 Å². The minimum Gasteiger partial charge on any atom is -0.376 e. The number of ether oxygens (including phenoxy) is 1. The average Bonchev–Trinajstić information content (AvgIpc) is 2.46. The first-order valence-corrected chi connectivity index (χ1v) is 7.29. The highest BCUT2D eigenvalue weighted by atomic mass is 16.5. The van der Waals surface area contributed by atoms with Crippen molar-refractivity contribution >= 4 is 5.69 Å². The van der Waals surface area contributed by atoms with Crippen molar-refractivity contribution in [3.8, 4) is 0 Å². The van der Waals surface area contributed by atoms with Crippen LogP contribution in [0.15, 0.2) is 18.5 Å². The van der Waals surface area contributed by atoms with Gasteiger partial charge in [0.05, 0.1) is 6.10 Å². The van der Waals surface area contributed by atoms with Crippen molar-refractivity contribution in [1.82, 2.24) is 10.3 Å². The first kappa shape index (κ1) is 14.3. The third-order valence-corrected chi connectivity index (χ3v) is 3.52. The van der Waals surface area contributed by atoms with Crippen LogP contribution in [0.5, 0.6) is 0 Å². The van der Waals surface area contributed by atoms with E-state index in [0.717, 1.165) is 32.7 Å². The quantitative estimate of drug-likeness (QED) is 0.854. The SMILES string of the molecule is CCCOC1CCCN(c2ccncc2CNC)C1. The minimum absolute atomic E-state index is 0.379. The maximum absolute atomic E-state index is 5.91. The van der Waals surface area contributed by atoms with E-state index in [9.17, 15) is 0 Å². The zero-order valence-electron chi connectivity index (χ0n) is 12.1. The van der Waals surface area contributed by atoms with Gasteiger partial charge in [0, 0.05) is 49.9 Å². The zero-order chi connectivity index (χ0) is 13.5. The van der Waals surface area contributed by atoms with Crippen LogP contribution in [0.4, 0.5) is 5.69 Å². The monoisotopic (exact) mass is 263 g/mol. The predicted molar refractivity (Wildman–Crippen MR) is 78.5 cm³/mol. The van der Waals surface area contributed by atoms with E-state index in [1.165, 1.54) is 24.1 Å². The molecule has 0 saturated carbocycles. The normalized spacial score (nSPS) is 19.7. The van der Waals surface area contributed by atoms with Crippen LogP contribution in [0.25, 0.3) is 0 Å². The Bertz CT molecular complexity index is 383. The van der Waals surface area contributed by atoms with Crippen LogP contribution in [0.3, 0.4) is 0 Å². The van der Waals surface area contributed by atoms with Crippen molar-refractivity contribution < 1.29 is 4.74 Å². The first-order valence-electron chi connectivity index (χ1n) is 7.29. The van der Waals surface area contributed by atoms with Gasteiger partial charge in [0.25, 0.3) is 0 Å². The Kier molecular flexibility index (Phi) is 5.61. The number of pyridine rings is 1. The number of anilines is 1. The van der Waals surface area contributed by atoms with Gasteiger partial charge in [-0.3, -0.25) is 4.98 Å². The molecule has 1 aliphatic rings. The van der Waals surface area contributed by atoms with E-state index in [1.54, 1.807) is 0 Å². The molecule has 1 unspecified atom stereocenters. The van der Waals surface area contributed by atoms with Crippen LogP contribution in [0.1, 0.15) is 31.7 Å². The molecule has 1 fully saturated rings. The van der Waals surface area contributed by atoms with Crippen LogP contribution < -0.4 is 10.2 Å². The predicted octanol–water partition coefficient (Wildman–Crippen LogP) is 2.20. The molecule has 1 aromatic rings. The smallest absolute Gasteiger partial charge is 0.0750 e. The van der Waals surface area contributed by atoms with Crippen LogP contribution >= 0.6 is 0 Å². The minimum atomic E-state index is 0.379. The lowest BCUT2D eigenvalue weighted by Crippen LogP contribution is -2.40. The maximum Gasteiger partial charge on any atom is 0.0750 e. The average molecular weight is 263 g/mol. The summed E-state index contributed by atoms with van der Waals surface area (Å²) >= 11 is 0. The van der Waals surface area contributed by atoms with Gasteiger partial charge in [0.2, 0.25) is 0 Å². The zero-order valence-corrected chi connectivity index (χ0v) is 12.1. The van der Waals surface area contributed by atoms with E-state index in [2.05, 4.69) is 28.2 Å². The highest BCUT2D eigenvalue weighted by molar-refractivity contribution is 5.52. The van der Waals surface area contributed by atoms with Crippen molar-refractivity contribution in [3.63, 3.8) is 0 Å². The Morgan fingerprint density at radius 1 is 1.53 bits per heavy atom. The summed E-state index contributed by atoms with van der Waals surface area (Å²) in [7, 11) is 1.97. The van der Waals surface area contributed by atoms with Crippen molar-refractivity contribution in [2.75, 3.05) is 31.6 Å². The number of hydrogen-bond donors (Lipinski definition) is 1. The van der Waals surface area contributed by atoms with Crippen LogP contribution in [-0.2, 0) is 11.3 Å². The first-order chi connectivity index (χ1) is 9.35. The number of piperidine rings is 1. The summed E-state index contributed by atoms with van der Waals surface area (Å²) in [6, 6.07) is 2.12. The van der Waals surface area contributed by atoms with E-state index in [1.807, 2.05) is 19.4 Å². The van der Waals surface area contributed by atoms with E-state index in [4.69, 9.17) is 4.74 Å². The molecule has 1 atom stereocenters. The molecule has 2 rings (SSSR count). The molecule has 0 radical (unpaired) electrons. The summed E-state index contributed by atoms with van der Waals surface area (Å²) in [6.07, 6.45) is 7.70. The Hall–Kier alpha value is -1.13. The summed E-state index contributed by atoms with van der Waals surface area (Å²) in [5.74, 6) is 0. The highest BCUT2D eigenvalue weighted by Gasteiger charge is 2.21. The van der Waals surface area contributed by atoms with Crippen LogP contribution in [0, 0.1) is 0 Å². The number of aromatic nitrogens is 1. The molecule has 1 aromatic heterocycles. The molecule has 19 heavy (non-hydrogen) atoms. The van der Waals surface area contributed by atoms with Gasteiger partial charge in [-0.05, 0) is 32.4 Å². The Morgan fingerprint density at radius 2 is 2.42 bits per heavy atom. The van der Waals surface area contributed by atoms with Crippen molar-refractivity contribution in [2.45, 2.75) is 38.8 Å². The van der Waals surface area contributed by atoms with Gasteiger partial charge in [-0.25, -0.2) is 0 Å². The highest BCUT2D eigenvalue weighted by Crippen LogP contribution is 2.24. The van der Waals surface area contributed by atoms with Crippen molar-refractivity contribution in [2.24, 2.45) is 0 Å². The molecular weight excluding hydrogens is 238 g/mol. The number of nitrogens with one attached hydrogen (secondary N) is 1. The topological polar surface area (TPSA) is 37.4 Å². The standard InChI is InChI=1S/C15H25N3O/c1-3-9-19-14-5-4-8-18(12-14)15-6-7-17-11-13(15)10-16-2/h6-7,11,14,16H,3-5,8-10,12H2,1-2H3. The fourth-order valence-corrected chi connectivity index (χ4v) is 2.63. The molecule has 0 aliphatic carbocycles. The van der Waals surface area contributed by atoms with E-state index >= 15 is 0 Å². The lowest BCUT2D eigenvalue weighted by Gasteiger charge is -2.35. The Labute approximate surface area is 116 Å². The van der Waals surface area contributed by atoms with Gasteiger partial charge in [-0.1, -0.05) is 6.92 Å². The molecule has 106 valence electrons. The fourth-order valence-electron chi connectivity index (χ4n) is 2.63. The van der Waals surface area contributed by atoms with E-state index in [-0.39, 0.29) is 0 Å². The summed E-state index contributed by atoms with van der Waals surface area (Å²) in [5.41, 5.74) is 2.57. The Balaban J connectivity index is 2.04. The summed E-state index contributed by atoms with van der Waals surface area (Å²) < 4.78 is 5.91. The fraction of sp³-hybridized carbons (Fsp3) is 0.667. The van der Waals surface area contributed by atoms with Gasteiger partial charge >= 0.3 is 0 Å². The molecule has 0 spiro atoms. The summed E-state index contributed by atoms with van der Waals surface area (Å²) in [6.45, 7) is 6.01. The largest absolute Gasteiger partial charge is 0.376 e. The number of nitrogens with zero attached hydrogens (tertiary/aromatic N) is 2. The lowest BCUT2D eigenvalue weighted by atomic mass is 10.1. The third kappa shape index (κ3) is 3.91. The Morgan fingerprint density at radius 3 is 3.21 bits per heavy atom. The van der Waals surface area contributed by atoms with E-state index < -0.39 is 0 Å². The molecule has 1 saturated heterocycles. The third-order valence-electron chi connectivity index (χ3n) is 3.52. The molecule has 4 nitrogen and oxygen atoms in total. The van der Waals surface area contributed by atoms with Gasteiger partial charge < -0.3 is 15.0 Å². The van der Waals surface area contributed by atoms with Gasteiger partial charge in [0.15, 0.2) is 0 Å². The summed E-state index contributed by atoms with van der Waals surface area (Å²) in [5, 5.41) is 3.21. The van der Waals surface area contributed by atoms with Crippen LogP contribution in [-0.4, -0.2) is 37.8 Å². The lowest BCUT2D eigenvalue weighted by molar-refractivity contribution is 0.0440. The number of hydrogen-bond acceptors (Lipinski definition) is 4.